The van der Waals surface area contributed by atoms with E-state index in [1.165, 1.54) is 10.7 Å². The maximum absolute atomic E-state index is 12.9. The van der Waals surface area contributed by atoms with E-state index in [-0.39, 0.29) is 17.4 Å². The van der Waals surface area contributed by atoms with E-state index < -0.39 is 10.0 Å². The molecular weight excluding hydrogens is 376 g/mol. The maximum Gasteiger partial charge on any atom is 0.264 e. The fourth-order valence-electron chi connectivity index (χ4n) is 3.30. The molecule has 0 saturated carbocycles. The number of benzene rings is 2. The highest BCUT2D eigenvalue weighted by atomic mass is 32.2. The van der Waals surface area contributed by atoms with Crippen molar-refractivity contribution in [3.8, 4) is 5.75 Å². The van der Waals surface area contributed by atoms with Gasteiger partial charge in [0.1, 0.15) is 5.75 Å². The molecule has 7 heteroatoms. The van der Waals surface area contributed by atoms with Crippen LogP contribution in [0.3, 0.4) is 0 Å². The molecule has 0 bridgehead atoms. The number of ether oxygens (including phenoxy) is 1. The zero-order valence-corrected chi connectivity index (χ0v) is 16.9. The van der Waals surface area contributed by atoms with E-state index in [1.807, 2.05) is 4.90 Å². The van der Waals surface area contributed by atoms with Gasteiger partial charge in [-0.2, -0.15) is 0 Å². The summed E-state index contributed by atoms with van der Waals surface area (Å²) in [6.45, 7) is 3.69. The van der Waals surface area contributed by atoms with E-state index in [1.54, 1.807) is 61.5 Å². The van der Waals surface area contributed by atoms with Crippen molar-refractivity contribution in [3.63, 3.8) is 0 Å². The summed E-state index contributed by atoms with van der Waals surface area (Å²) in [4.78, 5) is 14.3. The van der Waals surface area contributed by atoms with E-state index in [0.29, 0.717) is 18.0 Å². The Morgan fingerprint density at radius 3 is 2.25 bits per heavy atom. The molecule has 3 rings (SSSR count). The summed E-state index contributed by atoms with van der Waals surface area (Å²) in [6.07, 6.45) is 3.26. The Morgan fingerprint density at radius 1 is 1.00 bits per heavy atom. The molecule has 1 fully saturated rings. The normalized spacial score (nSPS) is 14.5. The molecule has 0 radical (unpaired) electrons. The zero-order chi connectivity index (χ0) is 20.0. The van der Waals surface area contributed by atoms with Crippen molar-refractivity contribution < 1.29 is 17.9 Å². The fourth-order valence-corrected chi connectivity index (χ4v) is 4.79. The van der Waals surface area contributed by atoms with Crippen LogP contribution in [0.2, 0.25) is 0 Å². The molecule has 150 valence electrons. The lowest BCUT2D eigenvalue weighted by molar-refractivity contribution is -0.134. The molecule has 2 aromatic rings. The number of nitrogens with zero attached hydrogens (tertiary/aromatic N) is 2. The SMILES string of the molecule is CCN(c1ccc(OCC(=O)N2CCCCC2)cc1)S(=O)(=O)c1ccccc1. The van der Waals surface area contributed by atoms with Gasteiger partial charge in [-0.25, -0.2) is 8.42 Å². The van der Waals surface area contributed by atoms with Gasteiger partial charge in [-0.1, -0.05) is 18.2 Å². The van der Waals surface area contributed by atoms with Crippen LogP contribution in [0.4, 0.5) is 5.69 Å². The predicted octanol–water partition coefficient (Wildman–Crippen LogP) is 3.29. The van der Waals surface area contributed by atoms with Crippen LogP contribution < -0.4 is 9.04 Å². The Kier molecular flexibility index (Phi) is 6.57. The standard InChI is InChI=1S/C21H26N2O4S/c1-2-23(28(25,26)20-9-5-3-6-10-20)18-11-13-19(14-12-18)27-17-21(24)22-15-7-4-8-16-22/h3,5-6,9-14H,2,4,7-8,15-17H2,1H3. The Labute approximate surface area is 166 Å². The molecule has 0 aliphatic carbocycles. The molecule has 0 aromatic heterocycles. The number of amides is 1. The summed E-state index contributed by atoms with van der Waals surface area (Å²) >= 11 is 0. The van der Waals surface area contributed by atoms with Gasteiger partial charge in [0.2, 0.25) is 0 Å². The Bertz CT molecular complexity index is 876. The molecule has 6 nitrogen and oxygen atoms in total. The van der Waals surface area contributed by atoms with Gasteiger partial charge in [0.25, 0.3) is 15.9 Å². The number of piperidine rings is 1. The van der Waals surface area contributed by atoms with Crippen molar-refractivity contribution in [3.05, 3.63) is 54.6 Å². The highest BCUT2D eigenvalue weighted by Crippen LogP contribution is 2.25. The third-order valence-corrected chi connectivity index (χ3v) is 6.73. The lowest BCUT2D eigenvalue weighted by Gasteiger charge is -2.26. The number of carbonyl (C=O) groups excluding carboxylic acids is 1. The van der Waals surface area contributed by atoms with Crippen LogP contribution in [-0.4, -0.2) is 45.5 Å². The first-order valence-corrected chi connectivity index (χ1v) is 11.0. The molecule has 1 heterocycles. The fraction of sp³-hybridized carbons (Fsp3) is 0.381. The topological polar surface area (TPSA) is 66.9 Å². The molecular formula is C21H26N2O4S. The minimum Gasteiger partial charge on any atom is -0.484 e. The van der Waals surface area contributed by atoms with Gasteiger partial charge in [0, 0.05) is 19.6 Å². The summed E-state index contributed by atoms with van der Waals surface area (Å²) < 4.78 is 32.7. The van der Waals surface area contributed by atoms with E-state index in [9.17, 15) is 13.2 Å². The van der Waals surface area contributed by atoms with Crippen LogP contribution >= 0.6 is 0 Å². The summed E-state index contributed by atoms with van der Waals surface area (Å²) in [7, 11) is -3.63. The monoisotopic (exact) mass is 402 g/mol. The summed E-state index contributed by atoms with van der Waals surface area (Å²) in [6, 6.07) is 15.2. The van der Waals surface area contributed by atoms with Gasteiger partial charge in [0.05, 0.1) is 10.6 Å². The van der Waals surface area contributed by atoms with Crippen LogP contribution in [0.15, 0.2) is 59.5 Å². The van der Waals surface area contributed by atoms with Crippen molar-refractivity contribution in [2.24, 2.45) is 0 Å². The van der Waals surface area contributed by atoms with E-state index in [2.05, 4.69) is 0 Å². The Hall–Kier alpha value is -2.54. The van der Waals surface area contributed by atoms with Crippen LogP contribution in [0.25, 0.3) is 0 Å². The average Bonchev–Trinajstić information content (AvgIpc) is 2.74. The quantitative estimate of drug-likeness (QED) is 0.713. The molecule has 1 aliphatic rings. The first kappa shape index (κ1) is 20.2. The second kappa shape index (κ2) is 9.10. The second-order valence-electron chi connectivity index (χ2n) is 6.71. The van der Waals surface area contributed by atoms with Gasteiger partial charge in [-0.05, 0) is 62.6 Å². The van der Waals surface area contributed by atoms with Gasteiger partial charge in [0.15, 0.2) is 6.61 Å². The van der Waals surface area contributed by atoms with Gasteiger partial charge >= 0.3 is 0 Å². The number of rotatable bonds is 7. The van der Waals surface area contributed by atoms with Crippen LogP contribution in [-0.2, 0) is 14.8 Å². The first-order chi connectivity index (χ1) is 13.5. The highest BCUT2D eigenvalue weighted by Gasteiger charge is 2.23. The van der Waals surface area contributed by atoms with Crippen LogP contribution in [0.5, 0.6) is 5.75 Å². The third kappa shape index (κ3) is 4.65. The van der Waals surface area contributed by atoms with Crippen LogP contribution in [0, 0.1) is 0 Å². The molecule has 0 unspecified atom stereocenters. The van der Waals surface area contributed by atoms with Crippen molar-refractivity contribution in [2.75, 3.05) is 30.5 Å². The molecule has 1 aliphatic heterocycles. The van der Waals surface area contributed by atoms with Crippen molar-refractivity contribution in [2.45, 2.75) is 31.1 Å². The third-order valence-electron chi connectivity index (χ3n) is 4.81. The van der Waals surface area contributed by atoms with Crippen molar-refractivity contribution in [1.29, 1.82) is 0 Å². The molecule has 1 saturated heterocycles. The first-order valence-electron chi connectivity index (χ1n) is 9.61. The zero-order valence-electron chi connectivity index (χ0n) is 16.1. The number of anilines is 1. The Morgan fingerprint density at radius 2 is 1.64 bits per heavy atom. The molecule has 1 amide bonds. The number of carbonyl (C=O) groups is 1. The minimum atomic E-state index is -3.63. The lowest BCUT2D eigenvalue weighted by atomic mass is 10.1. The Balaban J connectivity index is 1.66. The van der Waals surface area contributed by atoms with Crippen molar-refractivity contribution in [1.82, 2.24) is 4.90 Å². The molecule has 0 atom stereocenters. The largest absolute Gasteiger partial charge is 0.484 e. The minimum absolute atomic E-state index is 0.000841. The maximum atomic E-state index is 12.9. The summed E-state index contributed by atoms with van der Waals surface area (Å²) in [5.41, 5.74) is 0.557. The van der Waals surface area contributed by atoms with Gasteiger partial charge < -0.3 is 9.64 Å². The summed E-state index contributed by atoms with van der Waals surface area (Å²) in [5, 5.41) is 0. The molecule has 28 heavy (non-hydrogen) atoms. The smallest absolute Gasteiger partial charge is 0.264 e. The molecule has 0 spiro atoms. The summed E-state index contributed by atoms with van der Waals surface area (Å²) in [5.74, 6) is 0.535. The number of hydrogen-bond donors (Lipinski definition) is 0. The lowest BCUT2D eigenvalue weighted by Crippen LogP contribution is -2.38. The average molecular weight is 403 g/mol. The molecule has 2 aromatic carbocycles. The van der Waals surface area contributed by atoms with Gasteiger partial charge in [-0.3, -0.25) is 9.10 Å². The van der Waals surface area contributed by atoms with E-state index in [4.69, 9.17) is 4.74 Å². The number of likely N-dealkylation sites (tertiary alicyclic amines) is 1. The van der Waals surface area contributed by atoms with E-state index >= 15 is 0 Å². The predicted molar refractivity (Wildman–Crippen MR) is 109 cm³/mol. The van der Waals surface area contributed by atoms with E-state index in [0.717, 1.165) is 25.9 Å². The van der Waals surface area contributed by atoms with Crippen LogP contribution in [0.1, 0.15) is 26.2 Å². The molecule has 0 N–H and O–H groups in total. The number of hydrogen-bond acceptors (Lipinski definition) is 4. The second-order valence-corrected chi connectivity index (χ2v) is 8.57. The number of sulfonamides is 1. The van der Waals surface area contributed by atoms with Crippen molar-refractivity contribution >= 4 is 21.6 Å². The highest BCUT2D eigenvalue weighted by molar-refractivity contribution is 7.92. The van der Waals surface area contributed by atoms with Gasteiger partial charge in [-0.15, -0.1) is 0 Å².